The molecule has 0 heterocycles. The Bertz CT molecular complexity index is 433. The van der Waals surface area contributed by atoms with Crippen LogP contribution in [-0.4, -0.2) is 12.0 Å². The predicted molar refractivity (Wildman–Crippen MR) is 78.2 cm³/mol. The van der Waals surface area contributed by atoms with Crippen LogP contribution in [0.4, 0.5) is 0 Å². The van der Waals surface area contributed by atoms with Gasteiger partial charge in [0.15, 0.2) is 0 Å². The van der Waals surface area contributed by atoms with Crippen molar-refractivity contribution in [3.05, 3.63) is 29.8 Å². The van der Waals surface area contributed by atoms with Crippen LogP contribution in [0.3, 0.4) is 0 Å². The van der Waals surface area contributed by atoms with Crippen molar-refractivity contribution in [2.45, 2.75) is 53.7 Å². The maximum atomic E-state index is 12.0. The minimum Gasteiger partial charge on any atom is -0.491 e. The normalized spacial score (nSPS) is 13.2. The molecule has 0 aliphatic heterocycles. The first-order chi connectivity index (χ1) is 8.71. The highest BCUT2D eigenvalue weighted by Crippen LogP contribution is 2.26. The molecule has 0 spiro atoms. The third-order valence-electron chi connectivity index (χ3n) is 2.78. The first kappa shape index (κ1) is 15.5. The van der Waals surface area contributed by atoms with E-state index in [1.165, 1.54) is 0 Å². The molecule has 1 amide bonds. The summed E-state index contributed by atoms with van der Waals surface area (Å²) in [5, 5.41) is 3.03. The quantitative estimate of drug-likeness (QED) is 0.899. The van der Waals surface area contributed by atoms with Gasteiger partial charge in [0.2, 0.25) is 5.91 Å². The number of hydrogen-bond acceptors (Lipinski definition) is 2. The van der Waals surface area contributed by atoms with E-state index in [9.17, 15) is 4.79 Å². The molecule has 1 aromatic carbocycles. The molecule has 1 unspecified atom stereocenters. The maximum Gasteiger partial charge on any atom is 0.225 e. The van der Waals surface area contributed by atoms with Crippen LogP contribution in [0.1, 0.15) is 53.1 Å². The number of nitrogens with one attached hydrogen (secondary N) is 1. The van der Waals surface area contributed by atoms with E-state index in [0.717, 1.165) is 11.3 Å². The Morgan fingerprint density at radius 2 is 1.74 bits per heavy atom. The van der Waals surface area contributed by atoms with Crippen molar-refractivity contribution in [1.82, 2.24) is 5.32 Å². The van der Waals surface area contributed by atoms with Gasteiger partial charge in [-0.3, -0.25) is 4.79 Å². The average molecular weight is 263 g/mol. The standard InChI is InChI=1S/C16H25NO2/c1-11(2)19-14-10-8-7-9-13(14)12(3)17-15(18)16(4,5)6/h7-12H,1-6H3,(H,17,18). The van der Waals surface area contributed by atoms with Crippen LogP contribution in [0.15, 0.2) is 24.3 Å². The van der Waals surface area contributed by atoms with Crippen molar-refractivity contribution in [1.29, 1.82) is 0 Å². The largest absolute Gasteiger partial charge is 0.491 e. The second-order valence-corrected chi connectivity index (χ2v) is 6.15. The number of rotatable bonds is 4. The molecular weight excluding hydrogens is 238 g/mol. The van der Waals surface area contributed by atoms with E-state index in [-0.39, 0.29) is 23.5 Å². The number of hydrogen-bond donors (Lipinski definition) is 1. The second-order valence-electron chi connectivity index (χ2n) is 6.15. The van der Waals surface area contributed by atoms with E-state index >= 15 is 0 Å². The zero-order valence-corrected chi connectivity index (χ0v) is 12.8. The molecule has 0 aliphatic carbocycles. The topological polar surface area (TPSA) is 38.3 Å². The maximum absolute atomic E-state index is 12.0. The third-order valence-corrected chi connectivity index (χ3v) is 2.78. The zero-order valence-electron chi connectivity index (χ0n) is 12.8. The van der Waals surface area contributed by atoms with Crippen molar-refractivity contribution in [3.63, 3.8) is 0 Å². The van der Waals surface area contributed by atoms with E-state index in [0.29, 0.717) is 0 Å². The summed E-state index contributed by atoms with van der Waals surface area (Å²) in [6.07, 6.45) is 0.117. The molecule has 3 nitrogen and oxygen atoms in total. The summed E-state index contributed by atoms with van der Waals surface area (Å²) in [7, 11) is 0. The highest BCUT2D eigenvalue weighted by Gasteiger charge is 2.24. The van der Waals surface area contributed by atoms with Crippen molar-refractivity contribution in [3.8, 4) is 5.75 Å². The molecule has 1 atom stereocenters. The Morgan fingerprint density at radius 1 is 1.16 bits per heavy atom. The van der Waals surface area contributed by atoms with E-state index in [1.807, 2.05) is 65.8 Å². The fourth-order valence-electron chi connectivity index (χ4n) is 1.69. The van der Waals surface area contributed by atoms with Gasteiger partial charge in [0, 0.05) is 11.0 Å². The highest BCUT2D eigenvalue weighted by molar-refractivity contribution is 5.81. The van der Waals surface area contributed by atoms with Gasteiger partial charge in [-0.25, -0.2) is 0 Å². The molecule has 19 heavy (non-hydrogen) atoms. The van der Waals surface area contributed by atoms with Gasteiger partial charge >= 0.3 is 0 Å². The molecule has 1 rings (SSSR count). The molecule has 106 valence electrons. The van der Waals surface area contributed by atoms with Crippen molar-refractivity contribution in [2.75, 3.05) is 0 Å². The fraction of sp³-hybridized carbons (Fsp3) is 0.562. The van der Waals surface area contributed by atoms with E-state index in [4.69, 9.17) is 4.74 Å². The molecule has 0 radical (unpaired) electrons. The molecule has 3 heteroatoms. The number of para-hydroxylation sites is 1. The fourth-order valence-corrected chi connectivity index (χ4v) is 1.69. The molecular formula is C16H25NO2. The lowest BCUT2D eigenvalue weighted by Gasteiger charge is -2.24. The third kappa shape index (κ3) is 4.58. The van der Waals surface area contributed by atoms with E-state index in [1.54, 1.807) is 0 Å². The van der Waals surface area contributed by atoms with Gasteiger partial charge in [-0.15, -0.1) is 0 Å². The summed E-state index contributed by atoms with van der Waals surface area (Å²) in [5.74, 6) is 0.874. The zero-order chi connectivity index (χ0) is 14.6. The number of amides is 1. The van der Waals surface area contributed by atoms with Crippen molar-refractivity contribution >= 4 is 5.91 Å². The summed E-state index contributed by atoms with van der Waals surface area (Å²) in [6, 6.07) is 7.77. The molecule has 1 aromatic rings. The number of carbonyl (C=O) groups is 1. The van der Waals surface area contributed by atoms with Gasteiger partial charge < -0.3 is 10.1 Å². The minimum absolute atomic E-state index is 0.0411. The van der Waals surface area contributed by atoms with Crippen molar-refractivity contribution in [2.24, 2.45) is 5.41 Å². The van der Waals surface area contributed by atoms with Gasteiger partial charge in [-0.05, 0) is 26.8 Å². The lowest BCUT2D eigenvalue weighted by Crippen LogP contribution is -2.36. The molecule has 0 saturated carbocycles. The van der Waals surface area contributed by atoms with Gasteiger partial charge in [0.25, 0.3) is 0 Å². The van der Waals surface area contributed by atoms with Gasteiger partial charge in [-0.2, -0.15) is 0 Å². The average Bonchev–Trinajstić information content (AvgIpc) is 2.27. The second kappa shape index (κ2) is 6.09. The number of ether oxygens (including phenoxy) is 1. The summed E-state index contributed by atoms with van der Waals surface area (Å²) >= 11 is 0. The van der Waals surface area contributed by atoms with Crippen LogP contribution < -0.4 is 10.1 Å². The number of carbonyl (C=O) groups excluding carboxylic acids is 1. The Labute approximate surface area is 116 Å². The molecule has 0 aromatic heterocycles. The van der Waals surface area contributed by atoms with Crippen LogP contribution >= 0.6 is 0 Å². The molecule has 0 bridgehead atoms. The summed E-state index contributed by atoms with van der Waals surface area (Å²) in [6.45, 7) is 11.7. The van der Waals surface area contributed by atoms with Gasteiger partial charge in [0.05, 0.1) is 12.1 Å². The summed E-state index contributed by atoms with van der Waals surface area (Å²) < 4.78 is 5.78. The van der Waals surface area contributed by atoms with E-state index in [2.05, 4.69) is 5.32 Å². The van der Waals surface area contributed by atoms with Gasteiger partial charge in [0.1, 0.15) is 5.75 Å². The van der Waals surface area contributed by atoms with Crippen LogP contribution in [-0.2, 0) is 4.79 Å². The van der Waals surface area contributed by atoms with Crippen LogP contribution in [0.2, 0.25) is 0 Å². The first-order valence-electron chi connectivity index (χ1n) is 6.78. The molecule has 0 saturated heterocycles. The van der Waals surface area contributed by atoms with Crippen LogP contribution in [0.25, 0.3) is 0 Å². The Balaban J connectivity index is 2.88. The molecule has 1 N–H and O–H groups in total. The van der Waals surface area contributed by atoms with Crippen molar-refractivity contribution < 1.29 is 9.53 Å². The van der Waals surface area contributed by atoms with Crippen LogP contribution in [0.5, 0.6) is 5.75 Å². The predicted octanol–water partition coefficient (Wildman–Crippen LogP) is 3.70. The summed E-state index contributed by atoms with van der Waals surface area (Å²) in [4.78, 5) is 12.0. The minimum atomic E-state index is -0.387. The Morgan fingerprint density at radius 3 is 2.26 bits per heavy atom. The smallest absolute Gasteiger partial charge is 0.225 e. The van der Waals surface area contributed by atoms with E-state index < -0.39 is 0 Å². The lowest BCUT2D eigenvalue weighted by atomic mass is 9.94. The first-order valence-corrected chi connectivity index (χ1v) is 6.78. The monoisotopic (exact) mass is 263 g/mol. The van der Waals surface area contributed by atoms with Gasteiger partial charge in [-0.1, -0.05) is 39.0 Å². The SMILES string of the molecule is CC(C)Oc1ccccc1C(C)NC(=O)C(C)(C)C. The molecule has 0 aliphatic rings. The number of benzene rings is 1. The lowest BCUT2D eigenvalue weighted by molar-refractivity contribution is -0.129. The highest BCUT2D eigenvalue weighted by atomic mass is 16.5. The Hall–Kier alpha value is -1.51. The Kier molecular flexibility index (Phi) is 4.98. The van der Waals surface area contributed by atoms with Crippen LogP contribution in [0, 0.1) is 5.41 Å². The summed E-state index contributed by atoms with van der Waals surface area (Å²) in [5.41, 5.74) is 0.621. The molecule has 0 fully saturated rings.